The second kappa shape index (κ2) is 8.87. The SMILES string of the molecule is CN(C)c1ccc(C(=O)OCC(=O)NNC(=O)c2ccccc2Cl)cc1. The van der Waals surface area contributed by atoms with Crippen molar-refractivity contribution < 1.29 is 19.1 Å². The number of rotatable bonds is 5. The normalized spacial score (nSPS) is 9.96. The predicted molar refractivity (Wildman–Crippen MR) is 98.1 cm³/mol. The van der Waals surface area contributed by atoms with Crippen molar-refractivity contribution in [2.75, 3.05) is 25.6 Å². The lowest BCUT2D eigenvalue weighted by Gasteiger charge is -2.12. The van der Waals surface area contributed by atoms with Gasteiger partial charge in [-0.25, -0.2) is 4.79 Å². The molecule has 0 aliphatic heterocycles. The van der Waals surface area contributed by atoms with Gasteiger partial charge in [-0.15, -0.1) is 0 Å². The molecule has 0 aromatic heterocycles. The molecule has 2 N–H and O–H groups in total. The van der Waals surface area contributed by atoms with Gasteiger partial charge in [-0.2, -0.15) is 0 Å². The summed E-state index contributed by atoms with van der Waals surface area (Å²) >= 11 is 5.89. The molecule has 0 aliphatic carbocycles. The van der Waals surface area contributed by atoms with Gasteiger partial charge in [0.15, 0.2) is 6.61 Å². The number of hydrazine groups is 1. The number of carbonyl (C=O) groups is 3. The van der Waals surface area contributed by atoms with E-state index >= 15 is 0 Å². The van der Waals surface area contributed by atoms with Gasteiger partial charge in [0.05, 0.1) is 16.1 Å². The third-order valence-corrected chi connectivity index (χ3v) is 3.72. The molecular formula is C18H18ClN3O4. The zero-order valence-corrected chi connectivity index (χ0v) is 15.0. The number of hydrogen-bond donors (Lipinski definition) is 2. The van der Waals surface area contributed by atoms with E-state index in [1.807, 2.05) is 19.0 Å². The molecule has 2 aromatic rings. The van der Waals surface area contributed by atoms with Crippen LogP contribution in [0.2, 0.25) is 5.02 Å². The largest absolute Gasteiger partial charge is 0.452 e. The van der Waals surface area contributed by atoms with Gasteiger partial charge in [0.1, 0.15) is 0 Å². The lowest BCUT2D eigenvalue weighted by Crippen LogP contribution is -2.43. The quantitative estimate of drug-likeness (QED) is 0.616. The molecule has 0 aliphatic rings. The van der Waals surface area contributed by atoms with E-state index in [1.54, 1.807) is 42.5 Å². The molecule has 0 spiro atoms. The maximum Gasteiger partial charge on any atom is 0.338 e. The minimum atomic E-state index is -0.677. The molecule has 0 radical (unpaired) electrons. The van der Waals surface area contributed by atoms with Crippen molar-refractivity contribution in [3.63, 3.8) is 0 Å². The molecule has 8 heteroatoms. The first-order valence-electron chi connectivity index (χ1n) is 7.66. The van der Waals surface area contributed by atoms with Gasteiger partial charge in [-0.1, -0.05) is 23.7 Å². The summed E-state index contributed by atoms with van der Waals surface area (Å²) in [6.07, 6.45) is 0. The van der Waals surface area contributed by atoms with Crippen molar-refractivity contribution in [3.8, 4) is 0 Å². The summed E-state index contributed by atoms with van der Waals surface area (Å²) in [5.74, 6) is -1.89. The zero-order valence-electron chi connectivity index (χ0n) is 14.3. The van der Waals surface area contributed by atoms with E-state index in [0.29, 0.717) is 5.56 Å². The van der Waals surface area contributed by atoms with E-state index in [1.165, 1.54) is 6.07 Å². The Balaban J connectivity index is 1.80. The topological polar surface area (TPSA) is 87.7 Å². The summed E-state index contributed by atoms with van der Waals surface area (Å²) in [7, 11) is 3.77. The van der Waals surface area contributed by atoms with Gasteiger partial charge in [0.25, 0.3) is 11.8 Å². The highest BCUT2D eigenvalue weighted by Gasteiger charge is 2.13. The number of ether oxygens (including phenoxy) is 1. The van der Waals surface area contributed by atoms with Crippen LogP contribution in [0.1, 0.15) is 20.7 Å². The highest BCUT2D eigenvalue weighted by molar-refractivity contribution is 6.33. The van der Waals surface area contributed by atoms with Crippen LogP contribution in [0.25, 0.3) is 0 Å². The van der Waals surface area contributed by atoms with Crippen LogP contribution in [0, 0.1) is 0 Å². The molecule has 0 bridgehead atoms. The van der Waals surface area contributed by atoms with Crippen LogP contribution in [0.4, 0.5) is 5.69 Å². The lowest BCUT2D eigenvalue weighted by molar-refractivity contribution is -0.125. The number of nitrogens with one attached hydrogen (secondary N) is 2. The average molecular weight is 376 g/mol. The van der Waals surface area contributed by atoms with Crippen LogP contribution in [0.5, 0.6) is 0 Å². The Morgan fingerprint density at radius 1 is 1.00 bits per heavy atom. The van der Waals surface area contributed by atoms with Gasteiger partial charge >= 0.3 is 5.97 Å². The van der Waals surface area contributed by atoms with E-state index in [-0.39, 0.29) is 10.6 Å². The molecular weight excluding hydrogens is 358 g/mol. The van der Waals surface area contributed by atoms with Gasteiger partial charge in [-0.05, 0) is 36.4 Å². The lowest BCUT2D eigenvalue weighted by atomic mass is 10.2. The third kappa shape index (κ3) is 5.22. The van der Waals surface area contributed by atoms with Crippen molar-refractivity contribution in [3.05, 3.63) is 64.7 Å². The van der Waals surface area contributed by atoms with Crippen molar-refractivity contribution in [1.82, 2.24) is 10.9 Å². The van der Waals surface area contributed by atoms with Crippen LogP contribution in [0.15, 0.2) is 48.5 Å². The number of nitrogens with zero attached hydrogens (tertiary/aromatic N) is 1. The van der Waals surface area contributed by atoms with Gasteiger partial charge in [-0.3, -0.25) is 20.4 Å². The van der Waals surface area contributed by atoms with Gasteiger partial charge in [0.2, 0.25) is 0 Å². The summed E-state index contributed by atoms with van der Waals surface area (Å²) in [6, 6.07) is 13.1. The van der Waals surface area contributed by atoms with Crippen molar-refractivity contribution >= 4 is 35.1 Å². The fourth-order valence-electron chi connectivity index (χ4n) is 1.99. The molecule has 7 nitrogen and oxygen atoms in total. The number of amides is 2. The first-order chi connectivity index (χ1) is 12.4. The average Bonchev–Trinajstić information content (AvgIpc) is 2.64. The van der Waals surface area contributed by atoms with Crippen molar-refractivity contribution in [2.45, 2.75) is 0 Å². The van der Waals surface area contributed by atoms with Crippen LogP contribution >= 0.6 is 11.6 Å². The Morgan fingerprint density at radius 3 is 2.27 bits per heavy atom. The molecule has 0 atom stereocenters. The number of benzene rings is 2. The summed E-state index contributed by atoms with van der Waals surface area (Å²) in [6.45, 7) is -0.531. The number of hydrogen-bond acceptors (Lipinski definition) is 5. The van der Waals surface area contributed by atoms with E-state index in [2.05, 4.69) is 10.9 Å². The third-order valence-electron chi connectivity index (χ3n) is 3.39. The molecule has 0 fully saturated rings. The monoisotopic (exact) mass is 375 g/mol. The molecule has 2 aromatic carbocycles. The Kier molecular flexibility index (Phi) is 6.57. The van der Waals surface area contributed by atoms with Gasteiger partial charge in [0, 0.05) is 19.8 Å². The van der Waals surface area contributed by atoms with E-state index < -0.39 is 24.4 Å². The van der Waals surface area contributed by atoms with Crippen molar-refractivity contribution in [2.24, 2.45) is 0 Å². The van der Waals surface area contributed by atoms with Crippen LogP contribution in [0.3, 0.4) is 0 Å². The minimum absolute atomic E-state index is 0.215. The molecule has 0 heterocycles. The molecule has 136 valence electrons. The standard InChI is InChI=1S/C18H18ClN3O4/c1-22(2)13-9-7-12(8-10-13)18(25)26-11-16(23)20-21-17(24)14-5-3-4-6-15(14)19/h3-10H,11H2,1-2H3,(H,20,23)(H,21,24). The summed E-state index contributed by atoms with van der Waals surface area (Å²) in [5.41, 5.74) is 5.83. The molecule has 2 rings (SSSR count). The maximum atomic E-state index is 11.9. The minimum Gasteiger partial charge on any atom is -0.452 e. The maximum absolute atomic E-state index is 11.9. The fraction of sp³-hybridized carbons (Fsp3) is 0.167. The molecule has 0 saturated heterocycles. The van der Waals surface area contributed by atoms with E-state index in [4.69, 9.17) is 16.3 Å². The van der Waals surface area contributed by atoms with Crippen LogP contribution < -0.4 is 15.8 Å². The van der Waals surface area contributed by atoms with Gasteiger partial charge < -0.3 is 9.64 Å². The second-order valence-corrected chi connectivity index (χ2v) is 5.91. The molecule has 0 unspecified atom stereocenters. The number of halogens is 1. The van der Waals surface area contributed by atoms with E-state index in [0.717, 1.165) is 5.69 Å². The Bertz CT molecular complexity index is 806. The molecule has 26 heavy (non-hydrogen) atoms. The predicted octanol–water partition coefficient (Wildman–Crippen LogP) is 2.02. The Morgan fingerprint density at radius 2 is 1.65 bits per heavy atom. The van der Waals surface area contributed by atoms with Crippen LogP contribution in [-0.4, -0.2) is 38.5 Å². The first kappa shape index (κ1) is 19.3. The molecule has 0 saturated carbocycles. The first-order valence-corrected chi connectivity index (χ1v) is 8.04. The zero-order chi connectivity index (χ0) is 19.1. The van der Waals surface area contributed by atoms with Crippen molar-refractivity contribution in [1.29, 1.82) is 0 Å². The van der Waals surface area contributed by atoms with Crippen LogP contribution in [-0.2, 0) is 9.53 Å². The number of esters is 1. The number of carbonyl (C=O) groups excluding carboxylic acids is 3. The summed E-state index contributed by atoms with van der Waals surface area (Å²) in [5, 5.41) is 0.256. The van der Waals surface area contributed by atoms with E-state index in [9.17, 15) is 14.4 Å². The Hall–Kier alpha value is -3.06. The molecule has 2 amide bonds. The fourth-order valence-corrected chi connectivity index (χ4v) is 2.21. The Labute approximate surface area is 155 Å². The summed E-state index contributed by atoms with van der Waals surface area (Å²) in [4.78, 5) is 37.4. The summed E-state index contributed by atoms with van der Waals surface area (Å²) < 4.78 is 4.91. The number of anilines is 1. The highest BCUT2D eigenvalue weighted by Crippen LogP contribution is 2.14. The second-order valence-electron chi connectivity index (χ2n) is 5.50. The smallest absolute Gasteiger partial charge is 0.338 e. The highest BCUT2D eigenvalue weighted by atomic mass is 35.5.